The lowest BCUT2D eigenvalue weighted by Gasteiger charge is -2.24. The Bertz CT molecular complexity index is 722. The van der Waals surface area contributed by atoms with Gasteiger partial charge in [-0.3, -0.25) is 9.69 Å². The first kappa shape index (κ1) is 17.7. The van der Waals surface area contributed by atoms with E-state index in [1.165, 1.54) is 22.5 Å². The van der Waals surface area contributed by atoms with Gasteiger partial charge in [-0.05, 0) is 26.0 Å². The fourth-order valence-electron chi connectivity index (χ4n) is 2.75. The number of hydrogen-bond donors (Lipinski definition) is 1. The van der Waals surface area contributed by atoms with Gasteiger partial charge in [0.15, 0.2) is 5.13 Å². The molecule has 134 valence electrons. The van der Waals surface area contributed by atoms with Gasteiger partial charge in [-0.25, -0.2) is 4.98 Å². The molecule has 0 aliphatic carbocycles. The number of hydrogen-bond acceptors (Lipinski definition) is 5. The first-order chi connectivity index (χ1) is 12.2. The van der Waals surface area contributed by atoms with Gasteiger partial charge < -0.3 is 14.4 Å². The lowest BCUT2D eigenvalue weighted by atomic mass is 10.3. The topological polar surface area (TPSA) is 56.1 Å². The van der Waals surface area contributed by atoms with E-state index in [4.69, 9.17) is 9.47 Å². The second-order valence-corrected chi connectivity index (χ2v) is 6.84. The molecule has 0 radical (unpaired) electrons. The van der Waals surface area contributed by atoms with Crippen molar-refractivity contribution < 1.29 is 19.2 Å². The second kappa shape index (κ2) is 8.31. The summed E-state index contributed by atoms with van der Waals surface area (Å²) < 4.78 is 11.8. The van der Waals surface area contributed by atoms with Crippen LogP contribution in [0.2, 0.25) is 0 Å². The van der Waals surface area contributed by atoms with Gasteiger partial charge in [-0.2, -0.15) is 0 Å². The summed E-state index contributed by atoms with van der Waals surface area (Å²) in [6.45, 7) is 8.70. The number of ether oxygens (including phenoxy) is 2. The maximum atomic E-state index is 13.0. The van der Waals surface area contributed by atoms with Crippen LogP contribution in [-0.2, 0) is 14.3 Å². The summed E-state index contributed by atoms with van der Waals surface area (Å²) in [6.07, 6.45) is 1.41. The largest absolute Gasteiger partial charge is 0.494 e. The number of carbonyl (C=O) groups is 1. The van der Waals surface area contributed by atoms with Crippen LogP contribution in [-0.4, -0.2) is 50.3 Å². The van der Waals surface area contributed by atoms with E-state index in [2.05, 4.69) is 18.8 Å². The van der Waals surface area contributed by atoms with E-state index in [1.54, 1.807) is 4.90 Å². The molecular weight excluding hydrogens is 338 g/mol. The highest BCUT2D eigenvalue weighted by Gasteiger charge is 2.27. The van der Waals surface area contributed by atoms with Crippen LogP contribution in [0.5, 0.6) is 0 Å². The minimum absolute atomic E-state index is 0.190. The SMILES string of the molecule is CC[NH+](CC)CCN(C(=O)C1=COCCO1)c1nc2ccccc2s1. The third-order valence-corrected chi connectivity index (χ3v) is 5.37. The van der Waals surface area contributed by atoms with Gasteiger partial charge in [-0.1, -0.05) is 23.5 Å². The van der Waals surface area contributed by atoms with Crippen molar-refractivity contribution in [2.75, 3.05) is 44.3 Å². The molecule has 0 saturated heterocycles. The van der Waals surface area contributed by atoms with Crippen molar-refractivity contribution in [3.05, 3.63) is 36.3 Å². The van der Waals surface area contributed by atoms with Gasteiger partial charge in [0.05, 0.1) is 36.4 Å². The molecule has 0 bridgehead atoms. The van der Waals surface area contributed by atoms with Gasteiger partial charge in [0.25, 0.3) is 5.91 Å². The van der Waals surface area contributed by atoms with Crippen LogP contribution >= 0.6 is 11.3 Å². The number of quaternary nitrogens is 1. The first-order valence-electron chi connectivity index (χ1n) is 8.68. The Morgan fingerprint density at radius 3 is 2.76 bits per heavy atom. The van der Waals surface area contributed by atoms with Gasteiger partial charge >= 0.3 is 0 Å². The molecule has 1 aliphatic heterocycles. The van der Waals surface area contributed by atoms with E-state index in [1.807, 2.05) is 24.3 Å². The van der Waals surface area contributed by atoms with E-state index in [-0.39, 0.29) is 11.7 Å². The molecule has 2 aromatic rings. The summed E-state index contributed by atoms with van der Waals surface area (Å²) in [5, 5.41) is 0.702. The van der Waals surface area contributed by atoms with Gasteiger partial charge in [0.1, 0.15) is 19.5 Å². The van der Waals surface area contributed by atoms with E-state index >= 15 is 0 Å². The summed E-state index contributed by atoms with van der Waals surface area (Å²) in [5.74, 6) is 0.0605. The van der Waals surface area contributed by atoms with Crippen LogP contribution in [0.25, 0.3) is 10.2 Å². The predicted octanol–water partition coefficient (Wildman–Crippen LogP) is 1.44. The smallest absolute Gasteiger partial charge is 0.298 e. The Hall–Kier alpha value is -2.12. The molecule has 0 unspecified atom stereocenters. The molecule has 1 N–H and O–H groups in total. The predicted molar refractivity (Wildman–Crippen MR) is 98.9 cm³/mol. The number of thiazole rings is 1. The van der Waals surface area contributed by atoms with Crippen LogP contribution in [0.4, 0.5) is 5.13 Å². The number of para-hydroxylation sites is 1. The second-order valence-electron chi connectivity index (χ2n) is 5.83. The summed E-state index contributed by atoms with van der Waals surface area (Å²) in [6, 6.07) is 7.93. The first-order valence-corrected chi connectivity index (χ1v) is 9.50. The molecule has 0 fully saturated rings. The average Bonchev–Trinajstić information content (AvgIpc) is 3.09. The molecular formula is C18H24N3O3S+. The highest BCUT2D eigenvalue weighted by atomic mass is 32.1. The number of likely N-dealkylation sites (N-methyl/N-ethyl adjacent to an activating group) is 1. The van der Waals surface area contributed by atoms with Crippen molar-refractivity contribution in [3.63, 3.8) is 0 Å². The fourth-order valence-corrected chi connectivity index (χ4v) is 3.74. The lowest BCUT2D eigenvalue weighted by molar-refractivity contribution is -0.894. The molecule has 1 aliphatic rings. The van der Waals surface area contributed by atoms with Crippen molar-refractivity contribution in [2.45, 2.75) is 13.8 Å². The van der Waals surface area contributed by atoms with Crippen molar-refractivity contribution >= 4 is 32.6 Å². The quantitative estimate of drug-likeness (QED) is 0.810. The molecule has 3 rings (SSSR count). The maximum absolute atomic E-state index is 13.0. The monoisotopic (exact) mass is 362 g/mol. The Kier molecular flexibility index (Phi) is 5.88. The van der Waals surface area contributed by atoms with Crippen LogP contribution in [0.15, 0.2) is 36.3 Å². The zero-order valence-corrected chi connectivity index (χ0v) is 15.5. The van der Waals surface area contributed by atoms with Crippen molar-refractivity contribution in [1.82, 2.24) is 4.98 Å². The van der Waals surface area contributed by atoms with E-state index in [0.717, 1.165) is 29.9 Å². The Balaban J connectivity index is 1.87. The fraction of sp³-hybridized carbons (Fsp3) is 0.444. The standard InChI is InChI=1S/C18H23N3O3S/c1-3-20(4-2)9-10-21(17(22)15-13-23-11-12-24-15)18-19-14-7-5-6-8-16(14)25-18/h5-8,13H,3-4,9-12H2,1-2H3/p+1. The molecule has 25 heavy (non-hydrogen) atoms. The molecule has 1 aromatic carbocycles. The zero-order chi connectivity index (χ0) is 17.6. The Labute approximate surface area is 151 Å². The van der Waals surface area contributed by atoms with Gasteiger partial charge in [0, 0.05) is 0 Å². The van der Waals surface area contributed by atoms with E-state index in [9.17, 15) is 4.79 Å². The number of nitrogens with zero attached hydrogens (tertiary/aromatic N) is 2. The van der Waals surface area contributed by atoms with Crippen LogP contribution in [0, 0.1) is 0 Å². The Morgan fingerprint density at radius 2 is 2.08 bits per heavy atom. The maximum Gasteiger partial charge on any atom is 0.298 e. The molecule has 6 nitrogen and oxygen atoms in total. The minimum Gasteiger partial charge on any atom is -0.494 e. The number of benzene rings is 1. The third-order valence-electron chi connectivity index (χ3n) is 4.31. The van der Waals surface area contributed by atoms with Crippen LogP contribution in [0.3, 0.4) is 0 Å². The minimum atomic E-state index is -0.190. The summed E-state index contributed by atoms with van der Waals surface area (Å²) >= 11 is 1.53. The molecule has 0 spiro atoms. The molecule has 2 heterocycles. The third kappa shape index (κ3) is 4.11. The van der Waals surface area contributed by atoms with Gasteiger partial charge in [0.2, 0.25) is 5.76 Å². The number of rotatable bonds is 7. The van der Waals surface area contributed by atoms with Crippen molar-refractivity contribution in [2.24, 2.45) is 0 Å². The summed E-state index contributed by atoms with van der Waals surface area (Å²) in [4.78, 5) is 20.8. The number of nitrogens with one attached hydrogen (secondary N) is 1. The lowest BCUT2D eigenvalue weighted by Crippen LogP contribution is -3.12. The van der Waals surface area contributed by atoms with E-state index < -0.39 is 0 Å². The van der Waals surface area contributed by atoms with Crippen molar-refractivity contribution in [1.29, 1.82) is 0 Å². The summed E-state index contributed by atoms with van der Waals surface area (Å²) in [5.41, 5.74) is 0.908. The number of aromatic nitrogens is 1. The number of carbonyl (C=O) groups excluding carboxylic acids is 1. The van der Waals surface area contributed by atoms with Crippen molar-refractivity contribution in [3.8, 4) is 0 Å². The highest BCUT2D eigenvalue weighted by Crippen LogP contribution is 2.29. The van der Waals surface area contributed by atoms with E-state index in [0.29, 0.717) is 24.9 Å². The normalized spacial score (nSPS) is 14.1. The number of amides is 1. The molecule has 0 atom stereocenters. The molecule has 7 heteroatoms. The molecule has 1 aromatic heterocycles. The average molecular weight is 362 g/mol. The number of anilines is 1. The number of fused-ring (bicyclic) bond motifs is 1. The summed E-state index contributed by atoms with van der Waals surface area (Å²) in [7, 11) is 0. The Morgan fingerprint density at radius 1 is 1.28 bits per heavy atom. The van der Waals surface area contributed by atoms with Crippen LogP contribution in [0.1, 0.15) is 13.8 Å². The van der Waals surface area contributed by atoms with Crippen LogP contribution < -0.4 is 9.80 Å². The molecule has 1 amide bonds. The highest BCUT2D eigenvalue weighted by molar-refractivity contribution is 7.22. The van der Waals surface area contributed by atoms with Gasteiger partial charge in [-0.15, -0.1) is 0 Å². The zero-order valence-electron chi connectivity index (χ0n) is 14.7. The molecule has 0 saturated carbocycles.